The number of amides is 1. The number of hydrogen-bond acceptors (Lipinski definition) is 4. The van der Waals surface area contributed by atoms with Gasteiger partial charge in [-0.3, -0.25) is 9.10 Å². The molecule has 1 N–H and O–H groups in total. The summed E-state index contributed by atoms with van der Waals surface area (Å²) < 4.78 is 42.5. The van der Waals surface area contributed by atoms with Crippen molar-refractivity contribution in [3.8, 4) is 0 Å². The molecule has 6 nitrogen and oxygen atoms in total. The number of nitrogens with zero attached hydrogens (tertiary/aromatic N) is 1. The van der Waals surface area contributed by atoms with Crippen molar-refractivity contribution in [3.05, 3.63) is 30.1 Å². The molecular formula is C13H19FN2O4S. The highest BCUT2D eigenvalue weighted by Crippen LogP contribution is 2.18. The zero-order chi connectivity index (χ0) is 15.9. The summed E-state index contributed by atoms with van der Waals surface area (Å²) in [5.41, 5.74) is 0.196. The molecule has 0 saturated carbocycles. The second kappa shape index (κ2) is 7.94. The van der Waals surface area contributed by atoms with E-state index < -0.39 is 15.8 Å². The van der Waals surface area contributed by atoms with E-state index in [0.29, 0.717) is 13.2 Å². The molecule has 0 saturated heterocycles. The van der Waals surface area contributed by atoms with E-state index in [1.807, 2.05) is 0 Å². The Labute approximate surface area is 123 Å². The van der Waals surface area contributed by atoms with E-state index in [1.54, 1.807) is 0 Å². The van der Waals surface area contributed by atoms with Crippen LogP contribution in [0.3, 0.4) is 0 Å². The van der Waals surface area contributed by atoms with E-state index in [-0.39, 0.29) is 24.6 Å². The molecule has 21 heavy (non-hydrogen) atoms. The number of anilines is 1. The van der Waals surface area contributed by atoms with Crippen molar-refractivity contribution in [2.75, 3.05) is 37.4 Å². The maximum atomic E-state index is 13.2. The molecule has 0 bridgehead atoms. The van der Waals surface area contributed by atoms with Gasteiger partial charge < -0.3 is 10.1 Å². The summed E-state index contributed by atoms with van der Waals surface area (Å²) in [6.45, 7) is 0.681. The first-order valence-electron chi connectivity index (χ1n) is 6.33. The van der Waals surface area contributed by atoms with Crippen LogP contribution in [-0.2, 0) is 19.6 Å². The topological polar surface area (TPSA) is 75.7 Å². The van der Waals surface area contributed by atoms with Gasteiger partial charge in [-0.25, -0.2) is 12.8 Å². The van der Waals surface area contributed by atoms with Crippen LogP contribution in [0.2, 0.25) is 0 Å². The Morgan fingerprint density at radius 1 is 1.43 bits per heavy atom. The van der Waals surface area contributed by atoms with Crippen LogP contribution in [0.1, 0.15) is 6.42 Å². The van der Waals surface area contributed by atoms with Crippen molar-refractivity contribution in [3.63, 3.8) is 0 Å². The number of sulfonamides is 1. The van der Waals surface area contributed by atoms with E-state index in [4.69, 9.17) is 4.74 Å². The van der Waals surface area contributed by atoms with Crippen LogP contribution in [0.15, 0.2) is 24.3 Å². The van der Waals surface area contributed by atoms with E-state index in [1.165, 1.54) is 25.3 Å². The third-order valence-electron chi connectivity index (χ3n) is 2.67. The van der Waals surface area contributed by atoms with Gasteiger partial charge in [-0.1, -0.05) is 6.07 Å². The molecular weight excluding hydrogens is 299 g/mol. The lowest BCUT2D eigenvalue weighted by molar-refractivity contribution is -0.121. The molecule has 0 spiro atoms. The van der Waals surface area contributed by atoms with E-state index in [2.05, 4.69) is 5.32 Å². The molecule has 1 rings (SSSR count). The molecule has 0 fully saturated rings. The van der Waals surface area contributed by atoms with Crippen molar-refractivity contribution in [2.24, 2.45) is 0 Å². The minimum absolute atomic E-state index is 0.0205. The van der Waals surface area contributed by atoms with Crippen molar-refractivity contribution in [2.45, 2.75) is 6.42 Å². The largest absolute Gasteiger partial charge is 0.383 e. The third kappa shape index (κ3) is 6.09. The minimum Gasteiger partial charge on any atom is -0.383 e. The molecule has 1 aromatic carbocycles. The quantitative estimate of drug-likeness (QED) is 0.718. The van der Waals surface area contributed by atoms with Crippen LogP contribution in [0.5, 0.6) is 0 Å². The first-order valence-corrected chi connectivity index (χ1v) is 8.18. The average Bonchev–Trinajstić information content (AvgIpc) is 2.37. The summed E-state index contributed by atoms with van der Waals surface area (Å²) in [6, 6.07) is 5.24. The van der Waals surface area contributed by atoms with Gasteiger partial charge in [0.15, 0.2) is 0 Å². The molecule has 0 radical (unpaired) electrons. The normalized spacial score (nSPS) is 11.2. The SMILES string of the molecule is COCCNC(=O)CCN(c1cccc(F)c1)S(C)(=O)=O. The molecule has 0 aliphatic carbocycles. The summed E-state index contributed by atoms with van der Waals surface area (Å²) in [6.07, 6.45) is 0.994. The molecule has 0 aliphatic rings. The summed E-state index contributed by atoms with van der Waals surface area (Å²) in [7, 11) is -2.08. The van der Waals surface area contributed by atoms with Crippen molar-refractivity contribution in [1.82, 2.24) is 5.32 Å². The van der Waals surface area contributed by atoms with Gasteiger partial charge in [0.2, 0.25) is 15.9 Å². The molecule has 0 heterocycles. The highest BCUT2D eigenvalue weighted by atomic mass is 32.2. The maximum Gasteiger partial charge on any atom is 0.232 e. The summed E-state index contributed by atoms with van der Waals surface area (Å²) in [5.74, 6) is -0.831. The molecule has 1 amide bonds. The number of carbonyl (C=O) groups is 1. The lowest BCUT2D eigenvalue weighted by atomic mass is 10.3. The molecule has 0 atom stereocenters. The van der Waals surface area contributed by atoms with E-state index >= 15 is 0 Å². The fraction of sp³-hybridized carbons (Fsp3) is 0.462. The van der Waals surface area contributed by atoms with Gasteiger partial charge in [0.25, 0.3) is 0 Å². The first kappa shape index (κ1) is 17.4. The molecule has 1 aromatic rings. The van der Waals surface area contributed by atoms with Crippen LogP contribution in [0, 0.1) is 5.82 Å². The molecule has 8 heteroatoms. The summed E-state index contributed by atoms with van der Waals surface area (Å²) in [4.78, 5) is 11.6. The Balaban J connectivity index is 2.71. The predicted octanol–water partition coefficient (Wildman–Crippen LogP) is 0.744. The average molecular weight is 318 g/mol. The standard InChI is InChI=1S/C13H19FN2O4S/c1-20-9-7-15-13(17)6-8-16(21(2,18)19)12-5-3-4-11(14)10-12/h3-5,10H,6-9H2,1-2H3,(H,15,17). The molecule has 0 aromatic heterocycles. The first-order chi connectivity index (χ1) is 9.84. The van der Waals surface area contributed by atoms with Crippen LogP contribution in [-0.4, -0.2) is 47.4 Å². The Morgan fingerprint density at radius 3 is 2.71 bits per heavy atom. The zero-order valence-electron chi connectivity index (χ0n) is 12.0. The Bertz CT molecular complexity index is 577. The van der Waals surface area contributed by atoms with Gasteiger partial charge in [-0.15, -0.1) is 0 Å². The van der Waals surface area contributed by atoms with E-state index in [9.17, 15) is 17.6 Å². The lowest BCUT2D eigenvalue weighted by Crippen LogP contribution is -2.35. The second-order valence-corrected chi connectivity index (χ2v) is 6.31. The number of rotatable bonds is 8. The molecule has 0 aliphatic heterocycles. The maximum absolute atomic E-state index is 13.2. The van der Waals surface area contributed by atoms with Crippen LogP contribution >= 0.6 is 0 Å². The van der Waals surface area contributed by atoms with Gasteiger partial charge in [0.1, 0.15) is 5.82 Å². The van der Waals surface area contributed by atoms with Crippen LogP contribution in [0.4, 0.5) is 10.1 Å². The van der Waals surface area contributed by atoms with Gasteiger partial charge in [0, 0.05) is 26.6 Å². The monoisotopic (exact) mass is 318 g/mol. The predicted molar refractivity (Wildman–Crippen MR) is 78.1 cm³/mol. The Kier molecular flexibility index (Phi) is 6.57. The van der Waals surface area contributed by atoms with Gasteiger partial charge in [-0.05, 0) is 18.2 Å². The fourth-order valence-corrected chi connectivity index (χ4v) is 2.62. The Hall–Kier alpha value is -1.67. The highest BCUT2D eigenvalue weighted by Gasteiger charge is 2.18. The van der Waals surface area contributed by atoms with Crippen molar-refractivity contribution < 1.29 is 22.3 Å². The number of hydrogen-bond donors (Lipinski definition) is 1. The number of nitrogens with one attached hydrogen (secondary N) is 1. The second-order valence-electron chi connectivity index (χ2n) is 4.41. The third-order valence-corrected chi connectivity index (χ3v) is 3.86. The van der Waals surface area contributed by atoms with E-state index in [0.717, 1.165) is 16.6 Å². The number of methoxy groups -OCH3 is 1. The summed E-state index contributed by atoms with van der Waals surface area (Å²) >= 11 is 0. The lowest BCUT2D eigenvalue weighted by Gasteiger charge is -2.22. The smallest absolute Gasteiger partial charge is 0.232 e. The minimum atomic E-state index is -3.59. The Morgan fingerprint density at radius 2 is 2.14 bits per heavy atom. The number of halogens is 1. The highest BCUT2D eigenvalue weighted by molar-refractivity contribution is 7.92. The molecule has 0 unspecified atom stereocenters. The van der Waals surface area contributed by atoms with Crippen molar-refractivity contribution in [1.29, 1.82) is 0 Å². The molecule has 118 valence electrons. The van der Waals surface area contributed by atoms with Gasteiger partial charge >= 0.3 is 0 Å². The van der Waals surface area contributed by atoms with Crippen LogP contribution in [0.25, 0.3) is 0 Å². The summed E-state index contributed by atoms with van der Waals surface area (Å²) in [5, 5.41) is 2.59. The fourth-order valence-electron chi connectivity index (χ4n) is 1.70. The van der Waals surface area contributed by atoms with Gasteiger partial charge in [0.05, 0.1) is 18.6 Å². The van der Waals surface area contributed by atoms with Crippen LogP contribution < -0.4 is 9.62 Å². The number of ether oxygens (including phenoxy) is 1. The number of benzene rings is 1. The van der Waals surface area contributed by atoms with Crippen molar-refractivity contribution >= 4 is 21.6 Å². The van der Waals surface area contributed by atoms with Gasteiger partial charge in [-0.2, -0.15) is 0 Å². The number of carbonyl (C=O) groups excluding carboxylic acids is 1. The zero-order valence-corrected chi connectivity index (χ0v) is 12.8.